The number of carbonyl (C=O) groups excluding carboxylic acids is 1. The lowest BCUT2D eigenvalue weighted by molar-refractivity contribution is -0.120. The minimum Gasteiger partial charge on any atom is -0.325 e. The van der Waals surface area contributed by atoms with Crippen molar-refractivity contribution in [2.24, 2.45) is 5.92 Å². The average molecular weight is 435 g/mol. The molecule has 0 bridgehead atoms. The highest BCUT2D eigenvalue weighted by molar-refractivity contribution is 7.88. The van der Waals surface area contributed by atoms with Crippen LogP contribution < -0.4 is 5.32 Å². The number of amides is 1. The summed E-state index contributed by atoms with van der Waals surface area (Å²) in [5, 5.41) is 3.54. The van der Waals surface area contributed by atoms with Crippen LogP contribution in [0, 0.1) is 26.7 Å². The van der Waals surface area contributed by atoms with Crippen LogP contribution in [0.4, 0.5) is 5.69 Å². The zero-order valence-electron chi connectivity index (χ0n) is 17.0. The smallest absolute Gasteiger partial charge is 0.228 e. The Morgan fingerprint density at radius 2 is 1.86 bits per heavy atom. The highest BCUT2D eigenvalue weighted by Crippen LogP contribution is 2.26. The van der Waals surface area contributed by atoms with Crippen LogP contribution >= 0.6 is 11.6 Å². The van der Waals surface area contributed by atoms with E-state index in [1.807, 2.05) is 32.9 Å². The molecule has 1 aliphatic rings. The van der Waals surface area contributed by atoms with Gasteiger partial charge in [-0.25, -0.2) is 12.7 Å². The third-order valence-electron chi connectivity index (χ3n) is 5.31. The number of nitrogens with one attached hydrogen (secondary N) is 1. The summed E-state index contributed by atoms with van der Waals surface area (Å²) >= 11 is 5.98. The number of sulfonamides is 1. The zero-order chi connectivity index (χ0) is 21.2. The number of nitrogens with zero attached hydrogens (tertiary/aromatic N) is 1. The molecule has 1 saturated heterocycles. The molecule has 0 saturated carbocycles. The van der Waals surface area contributed by atoms with E-state index in [4.69, 9.17) is 11.6 Å². The second kappa shape index (κ2) is 8.86. The van der Waals surface area contributed by atoms with Gasteiger partial charge in [0.25, 0.3) is 0 Å². The van der Waals surface area contributed by atoms with Crippen LogP contribution in [0.5, 0.6) is 0 Å². The molecule has 0 spiro atoms. The van der Waals surface area contributed by atoms with E-state index in [0.717, 1.165) is 22.4 Å². The van der Waals surface area contributed by atoms with Crippen molar-refractivity contribution in [2.75, 3.05) is 18.4 Å². The lowest BCUT2D eigenvalue weighted by Gasteiger charge is -2.31. The summed E-state index contributed by atoms with van der Waals surface area (Å²) in [6.45, 7) is 6.61. The number of carbonyl (C=O) groups is 1. The molecular formula is C22H27ClN2O3S. The van der Waals surface area contributed by atoms with E-state index < -0.39 is 10.0 Å². The third-order valence-corrected chi connectivity index (χ3v) is 7.36. The maximum atomic E-state index is 12.9. The van der Waals surface area contributed by atoms with Crippen molar-refractivity contribution in [1.82, 2.24) is 4.31 Å². The van der Waals surface area contributed by atoms with Gasteiger partial charge in [-0.3, -0.25) is 4.79 Å². The van der Waals surface area contributed by atoms with Gasteiger partial charge < -0.3 is 5.32 Å². The van der Waals surface area contributed by atoms with Crippen LogP contribution in [0.1, 0.15) is 35.1 Å². The molecule has 2 aromatic rings. The number of piperidine rings is 1. The van der Waals surface area contributed by atoms with Crippen molar-refractivity contribution < 1.29 is 13.2 Å². The van der Waals surface area contributed by atoms with Gasteiger partial charge in [-0.1, -0.05) is 41.4 Å². The van der Waals surface area contributed by atoms with Crippen molar-refractivity contribution in [3.05, 3.63) is 63.7 Å². The second-order valence-electron chi connectivity index (χ2n) is 7.85. The summed E-state index contributed by atoms with van der Waals surface area (Å²) in [5.74, 6) is -0.598. The molecule has 1 heterocycles. The summed E-state index contributed by atoms with van der Waals surface area (Å²) in [4.78, 5) is 12.9. The van der Waals surface area contributed by atoms with Gasteiger partial charge in [-0.2, -0.15) is 0 Å². The molecule has 29 heavy (non-hydrogen) atoms. The van der Waals surface area contributed by atoms with Crippen LogP contribution in [0.15, 0.2) is 36.4 Å². The molecular weight excluding hydrogens is 408 g/mol. The summed E-state index contributed by atoms with van der Waals surface area (Å²) in [5.41, 5.74) is 4.64. The monoisotopic (exact) mass is 434 g/mol. The molecule has 1 aliphatic heterocycles. The minimum absolute atomic E-state index is 0.113. The Morgan fingerprint density at radius 3 is 2.52 bits per heavy atom. The summed E-state index contributed by atoms with van der Waals surface area (Å²) in [7, 11) is -3.52. The molecule has 0 unspecified atom stereocenters. The number of benzene rings is 2. The molecule has 0 aromatic heterocycles. The highest BCUT2D eigenvalue weighted by atomic mass is 35.5. The van der Waals surface area contributed by atoms with Crippen molar-refractivity contribution >= 4 is 33.2 Å². The minimum atomic E-state index is -3.52. The fraction of sp³-hybridized carbons (Fsp3) is 0.409. The maximum Gasteiger partial charge on any atom is 0.228 e. The lowest BCUT2D eigenvalue weighted by atomic mass is 9.98. The quantitative estimate of drug-likeness (QED) is 0.756. The molecule has 3 rings (SSSR count). The highest BCUT2D eigenvalue weighted by Gasteiger charge is 2.32. The largest absolute Gasteiger partial charge is 0.325 e. The topological polar surface area (TPSA) is 66.5 Å². The Balaban J connectivity index is 1.70. The second-order valence-corrected chi connectivity index (χ2v) is 10.3. The molecule has 1 atom stereocenters. The number of halogens is 1. The zero-order valence-corrected chi connectivity index (χ0v) is 18.6. The molecule has 5 nitrogen and oxygen atoms in total. The first kappa shape index (κ1) is 21.8. The molecule has 1 fully saturated rings. The van der Waals surface area contributed by atoms with Crippen LogP contribution in [0.2, 0.25) is 5.02 Å². The predicted octanol–water partition coefficient (Wildman–Crippen LogP) is 4.45. The standard InChI is InChI=1S/C22H27ClN2O3S/c1-15-10-16(2)21(17(3)11-15)24-22(26)19-7-5-9-25(13-19)29(27,28)14-18-6-4-8-20(23)12-18/h4,6,8,10-12,19H,5,7,9,13-14H2,1-3H3,(H,24,26)/t19-/m0/s1. The van der Waals surface area contributed by atoms with Gasteiger partial charge >= 0.3 is 0 Å². The predicted molar refractivity (Wildman–Crippen MR) is 118 cm³/mol. The number of anilines is 1. The number of hydrogen-bond donors (Lipinski definition) is 1. The van der Waals surface area contributed by atoms with Crippen molar-refractivity contribution in [2.45, 2.75) is 39.4 Å². The van der Waals surface area contributed by atoms with Gasteiger partial charge in [0.05, 0.1) is 11.7 Å². The first-order valence-corrected chi connectivity index (χ1v) is 11.8. The molecule has 1 amide bonds. The molecule has 2 aromatic carbocycles. The fourth-order valence-electron chi connectivity index (χ4n) is 3.94. The van der Waals surface area contributed by atoms with E-state index >= 15 is 0 Å². The fourth-order valence-corrected chi connectivity index (χ4v) is 5.75. The molecule has 1 N–H and O–H groups in total. The van der Waals surface area contributed by atoms with Crippen molar-refractivity contribution in [1.29, 1.82) is 0 Å². The van der Waals surface area contributed by atoms with E-state index in [9.17, 15) is 13.2 Å². The maximum absolute atomic E-state index is 12.9. The van der Waals surface area contributed by atoms with Gasteiger partial charge in [0.15, 0.2) is 0 Å². The normalized spacial score (nSPS) is 17.9. The first-order valence-electron chi connectivity index (χ1n) is 9.76. The van der Waals surface area contributed by atoms with Crippen molar-refractivity contribution in [3.63, 3.8) is 0 Å². The average Bonchev–Trinajstić information content (AvgIpc) is 2.64. The van der Waals surface area contributed by atoms with E-state index in [-0.39, 0.29) is 24.1 Å². The summed E-state index contributed by atoms with van der Waals surface area (Å²) in [6, 6.07) is 10.9. The van der Waals surface area contributed by atoms with E-state index in [0.29, 0.717) is 30.0 Å². The summed E-state index contributed by atoms with van der Waals surface area (Å²) < 4.78 is 27.2. The molecule has 0 radical (unpaired) electrons. The van der Waals surface area contributed by atoms with Gasteiger partial charge in [-0.15, -0.1) is 0 Å². The molecule has 156 valence electrons. The molecule has 7 heteroatoms. The van der Waals surface area contributed by atoms with Crippen LogP contribution in [-0.4, -0.2) is 31.7 Å². The van der Waals surface area contributed by atoms with Gasteiger partial charge in [0.1, 0.15) is 0 Å². The Morgan fingerprint density at radius 1 is 1.17 bits per heavy atom. The van der Waals surface area contributed by atoms with Gasteiger partial charge in [-0.05, 0) is 62.4 Å². The van der Waals surface area contributed by atoms with Crippen molar-refractivity contribution in [3.8, 4) is 0 Å². The number of hydrogen-bond acceptors (Lipinski definition) is 3. The van der Waals surface area contributed by atoms with Gasteiger partial charge in [0.2, 0.25) is 15.9 Å². The summed E-state index contributed by atoms with van der Waals surface area (Å²) in [6.07, 6.45) is 1.34. The van der Waals surface area contributed by atoms with Crippen LogP contribution in [-0.2, 0) is 20.6 Å². The molecule has 0 aliphatic carbocycles. The lowest BCUT2D eigenvalue weighted by Crippen LogP contribution is -2.44. The number of aryl methyl sites for hydroxylation is 3. The SMILES string of the molecule is Cc1cc(C)c(NC(=O)[C@H]2CCCN(S(=O)(=O)Cc3cccc(Cl)c3)C2)c(C)c1. The Labute approximate surface area is 178 Å². The third kappa shape index (κ3) is 5.38. The van der Waals surface area contributed by atoms with Crippen LogP contribution in [0.3, 0.4) is 0 Å². The van der Waals surface area contributed by atoms with E-state index in [1.165, 1.54) is 4.31 Å². The van der Waals surface area contributed by atoms with E-state index in [2.05, 4.69) is 5.32 Å². The Hall–Kier alpha value is -1.89. The first-order chi connectivity index (χ1) is 13.7. The Bertz CT molecular complexity index is 997. The van der Waals surface area contributed by atoms with E-state index in [1.54, 1.807) is 24.3 Å². The Kier molecular flexibility index (Phi) is 6.66. The van der Waals surface area contributed by atoms with Gasteiger partial charge in [0, 0.05) is 23.8 Å². The van der Waals surface area contributed by atoms with Crippen LogP contribution in [0.25, 0.3) is 0 Å². The number of rotatable bonds is 5.